The van der Waals surface area contributed by atoms with Crippen LogP contribution in [0.25, 0.3) is 0 Å². The average molecular weight is 366 g/mol. The van der Waals surface area contributed by atoms with E-state index >= 15 is 0 Å². The predicted octanol–water partition coefficient (Wildman–Crippen LogP) is 1.63. The Morgan fingerprint density at radius 3 is 2.65 bits per heavy atom. The third-order valence-corrected chi connectivity index (χ3v) is 4.46. The van der Waals surface area contributed by atoms with Crippen LogP contribution in [-0.2, 0) is 10.0 Å². The fourth-order valence-electron chi connectivity index (χ4n) is 1.46. The molecule has 124 valence electrons. The number of nitrogens with zero attached hydrogens (tertiary/aromatic N) is 2. The van der Waals surface area contributed by atoms with Gasteiger partial charge in [-0.05, 0) is 18.2 Å². The van der Waals surface area contributed by atoms with Gasteiger partial charge in [0.25, 0.3) is 5.91 Å². The van der Waals surface area contributed by atoms with Crippen molar-refractivity contribution in [1.29, 1.82) is 0 Å². The van der Waals surface area contributed by atoms with E-state index in [1.54, 1.807) is 0 Å². The Bertz CT molecular complexity index is 791. The van der Waals surface area contributed by atoms with Crippen LogP contribution in [0.5, 0.6) is 0 Å². The highest BCUT2D eigenvalue weighted by atomic mass is 32.2. The number of carbonyl (C=O) groups is 1. The van der Waals surface area contributed by atoms with Crippen LogP contribution in [0.4, 0.5) is 18.3 Å². The monoisotopic (exact) mass is 366 g/mol. The van der Waals surface area contributed by atoms with Crippen LogP contribution in [0.1, 0.15) is 10.4 Å². The lowest BCUT2D eigenvalue weighted by Crippen LogP contribution is -2.33. The number of benzene rings is 1. The fourth-order valence-corrected chi connectivity index (χ4v) is 2.96. The van der Waals surface area contributed by atoms with Gasteiger partial charge in [-0.2, -0.15) is 13.2 Å². The zero-order valence-electron chi connectivity index (χ0n) is 11.2. The molecule has 1 amide bonds. The summed E-state index contributed by atoms with van der Waals surface area (Å²) < 4.78 is 61.4. The molecule has 1 aromatic carbocycles. The van der Waals surface area contributed by atoms with E-state index in [0.717, 1.165) is 23.5 Å². The number of anilines is 1. The smallest absolute Gasteiger partial charge is 0.296 e. The summed E-state index contributed by atoms with van der Waals surface area (Å²) in [5.41, 5.74) is 1.34. The number of rotatable bonds is 5. The molecule has 0 spiro atoms. The van der Waals surface area contributed by atoms with Gasteiger partial charge in [0.05, 0.1) is 4.90 Å². The number of sulfonamides is 1. The highest BCUT2D eigenvalue weighted by Gasteiger charge is 2.30. The first kappa shape index (κ1) is 17.3. The maximum Gasteiger partial charge on any atom is 0.402 e. The van der Waals surface area contributed by atoms with Crippen molar-refractivity contribution >= 4 is 32.4 Å². The van der Waals surface area contributed by atoms with Crippen LogP contribution in [0.2, 0.25) is 0 Å². The van der Waals surface area contributed by atoms with E-state index in [0.29, 0.717) is 0 Å². The molecule has 2 N–H and O–H groups in total. The molecule has 0 radical (unpaired) electrons. The summed E-state index contributed by atoms with van der Waals surface area (Å²) >= 11 is 1.06. The van der Waals surface area contributed by atoms with Gasteiger partial charge >= 0.3 is 6.18 Å². The highest BCUT2D eigenvalue weighted by Crippen LogP contribution is 2.17. The Morgan fingerprint density at radius 1 is 1.30 bits per heavy atom. The number of amides is 1. The summed E-state index contributed by atoms with van der Waals surface area (Å²) in [6, 6.07) is 4.62. The standard InChI is InChI=1S/C11H9F3N4O3S2/c12-11(13,14)5-16-23(20,21)8-3-1-2-7(4-8)9(19)17-10-18-15-6-22-10/h1-4,6,16H,5H2,(H,17,18,19). The summed E-state index contributed by atoms with van der Waals surface area (Å²) in [7, 11) is -4.39. The summed E-state index contributed by atoms with van der Waals surface area (Å²) in [6.07, 6.45) is -4.68. The molecule has 2 aromatic rings. The molecule has 2 rings (SSSR count). The molecule has 7 nitrogen and oxygen atoms in total. The molecule has 0 bridgehead atoms. The lowest BCUT2D eigenvalue weighted by atomic mass is 10.2. The second-order valence-electron chi connectivity index (χ2n) is 4.17. The summed E-state index contributed by atoms with van der Waals surface area (Å²) in [5.74, 6) is -0.658. The van der Waals surface area contributed by atoms with Gasteiger partial charge in [0.15, 0.2) is 0 Å². The summed E-state index contributed by atoms with van der Waals surface area (Å²) in [5, 5.41) is 9.70. The largest absolute Gasteiger partial charge is 0.402 e. The van der Waals surface area contributed by atoms with Crippen molar-refractivity contribution < 1.29 is 26.4 Å². The number of hydrogen-bond acceptors (Lipinski definition) is 6. The Balaban J connectivity index is 2.17. The average Bonchev–Trinajstić information content (AvgIpc) is 2.98. The highest BCUT2D eigenvalue weighted by molar-refractivity contribution is 7.89. The SMILES string of the molecule is O=C(Nc1nncs1)c1cccc(S(=O)(=O)NCC(F)(F)F)c1. The van der Waals surface area contributed by atoms with Gasteiger partial charge in [-0.1, -0.05) is 17.4 Å². The first-order valence-electron chi connectivity index (χ1n) is 5.91. The van der Waals surface area contributed by atoms with Crippen LogP contribution in [0.15, 0.2) is 34.7 Å². The molecule has 0 saturated heterocycles. The van der Waals surface area contributed by atoms with E-state index in [1.807, 2.05) is 0 Å². The molecule has 0 aliphatic rings. The van der Waals surface area contributed by atoms with Crippen molar-refractivity contribution in [2.45, 2.75) is 11.1 Å². The minimum Gasteiger partial charge on any atom is -0.296 e. The van der Waals surface area contributed by atoms with Gasteiger partial charge in [0, 0.05) is 5.56 Å². The molecule has 1 heterocycles. The van der Waals surface area contributed by atoms with E-state index in [-0.39, 0.29) is 10.7 Å². The summed E-state index contributed by atoms with van der Waals surface area (Å²) in [6.45, 7) is -1.70. The number of nitrogens with one attached hydrogen (secondary N) is 2. The van der Waals surface area contributed by atoms with Gasteiger partial charge in [-0.15, -0.1) is 10.2 Å². The van der Waals surface area contributed by atoms with Gasteiger partial charge in [0.1, 0.15) is 12.1 Å². The summed E-state index contributed by atoms with van der Waals surface area (Å²) in [4.78, 5) is 11.5. The number of aromatic nitrogens is 2. The van der Waals surface area contributed by atoms with Crippen LogP contribution in [0, 0.1) is 0 Å². The molecule has 23 heavy (non-hydrogen) atoms. The molecule has 0 atom stereocenters. The van der Waals surface area contributed by atoms with Crippen LogP contribution in [-0.4, -0.2) is 37.2 Å². The second-order valence-corrected chi connectivity index (χ2v) is 6.77. The van der Waals surface area contributed by atoms with E-state index in [9.17, 15) is 26.4 Å². The van der Waals surface area contributed by atoms with Crippen molar-refractivity contribution in [2.75, 3.05) is 11.9 Å². The Labute approximate surface area is 132 Å². The lowest BCUT2D eigenvalue weighted by Gasteiger charge is -2.10. The fraction of sp³-hybridized carbons (Fsp3) is 0.182. The van der Waals surface area contributed by atoms with Crippen molar-refractivity contribution in [3.63, 3.8) is 0 Å². The Hall–Kier alpha value is -2.05. The van der Waals surface area contributed by atoms with Crippen molar-refractivity contribution in [2.24, 2.45) is 0 Å². The number of carbonyl (C=O) groups excluding carboxylic acids is 1. The normalized spacial score (nSPS) is 12.1. The minimum absolute atomic E-state index is 0.0462. The Kier molecular flexibility index (Phi) is 4.97. The van der Waals surface area contributed by atoms with Crippen molar-refractivity contribution in [3.05, 3.63) is 35.3 Å². The van der Waals surface area contributed by atoms with Crippen LogP contribution < -0.4 is 10.0 Å². The number of alkyl halides is 3. The van der Waals surface area contributed by atoms with Crippen LogP contribution >= 0.6 is 11.3 Å². The molecule has 0 saturated carbocycles. The zero-order valence-corrected chi connectivity index (χ0v) is 12.8. The third kappa shape index (κ3) is 4.97. The molecule has 0 unspecified atom stereocenters. The first-order valence-corrected chi connectivity index (χ1v) is 8.28. The topological polar surface area (TPSA) is 101 Å². The number of hydrogen-bond donors (Lipinski definition) is 2. The maximum absolute atomic E-state index is 12.1. The van der Waals surface area contributed by atoms with Crippen molar-refractivity contribution in [1.82, 2.24) is 14.9 Å². The van der Waals surface area contributed by atoms with E-state index in [1.165, 1.54) is 22.4 Å². The molecule has 12 heteroatoms. The second kappa shape index (κ2) is 6.60. The minimum atomic E-state index is -4.68. The van der Waals surface area contributed by atoms with Crippen molar-refractivity contribution in [3.8, 4) is 0 Å². The zero-order chi connectivity index (χ0) is 17.1. The molecule has 0 fully saturated rings. The molecule has 0 aliphatic carbocycles. The quantitative estimate of drug-likeness (QED) is 0.838. The predicted molar refractivity (Wildman–Crippen MR) is 75.5 cm³/mol. The van der Waals surface area contributed by atoms with E-state index in [4.69, 9.17) is 0 Å². The number of halogens is 3. The van der Waals surface area contributed by atoms with E-state index in [2.05, 4.69) is 15.5 Å². The van der Waals surface area contributed by atoms with E-state index < -0.39 is 33.5 Å². The first-order chi connectivity index (χ1) is 10.7. The molecular formula is C11H9F3N4O3S2. The molecular weight excluding hydrogens is 357 g/mol. The van der Waals surface area contributed by atoms with Gasteiger partial charge in [0.2, 0.25) is 15.2 Å². The molecule has 0 aliphatic heterocycles. The Morgan fingerprint density at radius 2 is 2.04 bits per heavy atom. The van der Waals surface area contributed by atoms with Gasteiger partial charge < -0.3 is 0 Å². The van der Waals surface area contributed by atoms with Gasteiger partial charge in [-0.25, -0.2) is 13.1 Å². The third-order valence-electron chi connectivity index (χ3n) is 2.45. The molecule has 1 aromatic heterocycles. The lowest BCUT2D eigenvalue weighted by molar-refractivity contribution is -0.121. The van der Waals surface area contributed by atoms with Gasteiger partial charge in [-0.3, -0.25) is 10.1 Å². The van der Waals surface area contributed by atoms with Crippen LogP contribution in [0.3, 0.4) is 0 Å². The maximum atomic E-state index is 12.1.